The van der Waals surface area contributed by atoms with Crippen molar-refractivity contribution in [2.45, 2.75) is 219 Å². The van der Waals surface area contributed by atoms with Crippen molar-refractivity contribution in [3.63, 3.8) is 0 Å². The minimum absolute atomic E-state index is 0.181. The van der Waals surface area contributed by atoms with Gasteiger partial charge in [0.2, 0.25) is 0 Å². The molecule has 0 radical (unpaired) electrons. The third-order valence-corrected chi connectivity index (χ3v) is 15.3. The maximum atomic E-state index is 11.4. The van der Waals surface area contributed by atoms with E-state index in [2.05, 4.69) is 13.8 Å². The van der Waals surface area contributed by atoms with Gasteiger partial charge in [0.25, 0.3) is 6.47 Å². The summed E-state index contributed by atoms with van der Waals surface area (Å²) in [5.41, 5.74) is 1.12. The second-order valence-electron chi connectivity index (χ2n) is 17.7. The second-order valence-corrected chi connectivity index (χ2v) is 17.7. The van der Waals surface area contributed by atoms with Gasteiger partial charge in [-0.2, -0.15) is 0 Å². The van der Waals surface area contributed by atoms with Crippen LogP contribution in [-0.4, -0.2) is 12.6 Å². The van der Waals surface area contributed by atoms with E-state index in [0.717, 1.165) is 54.8 Å². The van der Waals surface area contributed by atoms with E-state index in [9.17, 15) is 4.79 Å². The number of carbonyl (C=O) groups excluding carboxylic acids is 1. The summed E-state index contributed by atoms with van der Waals surface area (Å²) < 4.78 is 5.65. The highest BCUT2D eigenvalue weighted by Crippen LogP contribution is 2.63. The lowest BCUT2D eigenvalue weighted by Crippen LogP contribution is -2.49. The van der Waals surface area contributed by atoms with Gasteiger partial charge < -0.3 is 4.74 Å². The number of hydrogen-bond donors (Lipinski definition) is 0. The Labute approximate surface area is 280 Å². The molecule has 260 valence electrons. The van der Waals surface area contributed by atoms with Gasteiger partial charge in [-0.1, -0.05) is 142 Å². The highest BCUT2D eigenvalue weighted by molar-refractivity contribution is 5.37. The van der Waals surface area contributed by atoms with Gasteiger partial charge in [-0.25, -0.2) is 0 Å². The van der Waals surface area contributed by atoms with Gasteiger partial charge in [0, 0.05) is 0 Å². The first kappa shape index (κ1) is 35.8. The molecule has 0 aromatic rings. The molecule has 0 aromatic carbocycles. The zero-order valence-electron chi connectivity index (χ0n) is 30.4. The van der Waals surface area contributed by atoms with Gasteiger partial charge in [-0.3, -0.25) is 4.79 Å². The molecule has 0 bridgehead atoms. The fourth-order valence-electron chi connectivity index (χ4n) is 12.7. The Morgan fingerprint density at radius 2 is 1.13 bits per heavy atom. The molecule has 2 nitrogen and oxygen atoms in total. The topological polar surface area (TPSA) is 26.3 Å². The normalized spacial score (nSPS) is 35.5. The van der Waals surface area contributed by atoms with Gasteiger partial charge in [-0.05, 0) is 117 Å². The lowest BCUT2D eigenvalue weighted by atomic mass is 9.47. The van der Waals surface area contributed by atoms with Crippen molar-refractivity contribution < 1.29 is 9.53 Å². The molecule has 0 N–H and O–H groups in total. The van der Waals surface area contributed by atoms with Crippen LogP contribution in [0.25, 0.3) is 0 Å². The summed E-state index contributed by atoms with van der Waals surface area (Å²) in [4.78, 5) is 11.4. The second kappa shape index (κ2) is 18.3. The first-order valence-corrected chi connectivity index (χ1v) is 21.2. The van der Waals surface area contributed by atoms with Crippen molar-refractivity contribution >= 4 is 6.47 Å². The quantitative estimate of drug-likeness (QED) is 0.126. The summed E-state index contributed by atoms with van der Waals surface area (Å²) in [5.74, 6) is 5.85. The highest BCUT2D eigenvalue weighted by Gasteiger charge is 2.53. The van der Waals surface area contributed by atoms with Crippen LogP contribution in [0, 0.1) is 46.3 Å². The fraction of sp³-hybridized carbons (Fsp3) is 0.977. The molecule has 1 unspecified atom stereocenters. The Morgan fingerprint density at radius 1 is 0.600 bits per heavy atom. The van der Waals surface area contributed by atoms with E-state index in [1.54, 1.807) is 25.7 Å². The van der Waals surface area contributed by atoms with Gasteiger partial charge in [-0.15, -0.1) is 0 Å². The molecule has 0 saturated heterocycles. The van der Waals surface area contributed by atoms with Crippen molar-refractivity contribution in [1.29, 1.82) is 0 Å². The Morgan fingerprint density at radius 3 is 1.67 bits per heavy atom. The summed E-state index contributed by atoms with van der Waals surface area (Å²) in [6.45, 7) is 5.47. The largest absolute Gasteiger partial charge is 0.465 e. The van der Waals surface area contributed by atoms with Crippen LogP contribution >= 0.6 is 0 Å². The van der Waals surface area contributed by atoms with E-state index in [1.165, 1.54) is 161 Å². The minimum Gasteiger partial charge on any atom is -0.465 e. The first-order chi connectivity index (χ1) is 22.1. The lowest BCUT2D eigenvalue weighted by molar-refractivity contribution is -0.138. The van der Waals surface area contributed by atoms with Gasteiger partial charge in [0.15, 0.2) is 0 Å². The molecular weight excluding hydrogens is 548 g/mol. The predicted octanol–water partition coefficient (Wildman–Crippen LogP) is 13.4. The molecule has 2 heteroatoms. The van der Waals surface area contributed by atoms with Crippen LogP contribution in [0.1, 0.15) is 213 Å². The van der Waals surface area contributed by atoms with Crippen molar-refractivity contribution in [2.75, 3.05) is 0 Å². The first-order valence-electron chi connectivity index (χ1n) is 21.2. The van der Waals surface area contributed by atoms with Crippen molar-refractivity contribution in [3.8, 4) is 0 Å². The Bertz CT molecular complexity index is 798. The maximum Gasteiger partial charge on any atom is 0.293 e. The third kappa shape index (κ3) is 9.34. The molecule has 0 aromatic heterocycles. The molecule has 5 fully saturated rings. The molecule has 0 spiro atoms. The SMILES string of the molecule is CCCCCC1CCC(C2(CC(C3CCCCC3)C3(C4CCC(CCCCC)CC4)CCCCC3)CCC(OC=O)CC2)CC1. The summed E-state index contributed by atoms with van der Waals surface area (Å²) in [6.07, 6.45) is 45.4. The smallest absolute Gasteiger partial charge is 0.293 e. The fourth-order valence-corrected chi connectivity index (χ4v) is 12.7. The zero-order chi connectivity index (χ0) is 31.4. The molecule has 1 atom stereocenters. The molecule has 5 aliphatic rings. The van der Waals surface area contributed by atoms with Crippen LogP contribution in [0.4, 0.5) is 0 Å². The molecule has 0 aliphatic heterocycles. The van der Waals surface area contributed by atoms with Gasteiger partial charge in [0.05, 0.1) is 0 Å². The van der Waals surface area contributed by atoms with Gasteiger partial charge >= 0.3 is 0 Å². The van der Waals surface area contributed by atoms with E-state index < -0.39 is 0 Å². The maximum absolute atomic E-state index is 11.4. The minimum atomic E-state index is 0.181. The molecule has 5 rings (SSSR count). The average molecular weight is 625 g/mol. The predicted molar refractivity (Wildman–Crippen MR) is 191 cm³/mol. The monoisotopic (exact) mass is 625 g/mol. The Balaban J connectivity index is 1.38. The van der Waals surface area contributed by atoms with E-state index >= 15 is 0 Å². The van der Waals surface area contributed by atoms with Crippen LogP contribution in [0.3, 0.4) is 0 Å². The van der Waals surface area contributed by atoms with Crippen LogP contribution in [0.5, 0.6) is 0 Å². The third-order valence-electron chi connectivity index (χ3n) is 15.3. The van der Waals surface area contributed by atoms with Crippen molar-refractivity contribution in [1.82, 2.24) is 0 Å². The summed E-state index contributed by atoms with van der Waals surface area (Å²) in [6, 6.07) is 0. The number of hydrogen-bond acceptors (Lipinski definition) is 2. The molecule has 0 amide bonds. The Hall–Kier alpha value is -0.530. The van der Waals surface area contributed by atoms with E-state index in [1.807, 2.05) is 0 Å². The summed E-state index contributed by atoms with van der Waals surface area (Å²) >= 11 is 0. The van der Waals surface area contributed by atoms with Crippen LogP contribution in [0.2, 0.25) is 0 Å². The number of unbranched alkanes of at least 4 members (excludes halogenated alkanes) is 4. The molecule has 0 heterocycles. The molecular formula is C43H76O2. The van der Waals surface area contributed by atoms with Crippen molar-refractivity contribution in [2.24, 2.45) is 46.3 Å². The zero-order valence-corrected chi connectivity index (χ0v) is 30.4. The van der Waals surface area contributed by atoms with E-state index in [4.69, 9.17) is 4.74 Å². The standard InChI is InChI=1S/C43H76O2/c1-3-5-9-15-35-19-23-38(24-20-35)42(31-27-40(28-32-42)45-34-44)33-41(37-17-11-7-12-18-37)43(29-13-8-14-30-43)39-25-21-36(22-26-39)16-10-6-4-2/h34-41H,3-33H2,1-2H3. The number of rotatable bonds is 16. The van der Waals surface area contributed by atoms with Gasteiger partial charge in [0.1, 0.15) is 6.10 Å². The summed E-state index contributed by atoms with van der Waals surface area (Å²) in [5, 5.41) is 0. The van der Waals surface area contributed by atoms with Crippen molar-refractivity contribution in [3.05, 3.63) is 0 Å². The average Bonchev–Trinajstić information content (AvgIpc) is 3.10. The molecule has 5 saturated carbocycles. The van der Waals surface area contributed by atoms with Crippen LogP contribution in [0.15, 0.2) is 0 Å². The number of ether oxygens (including phenoxy) is 1. The molecule has 5 aliphatic carbocycles. The van der Waals surface area contributed by atoms with Crippen LogP contribution < -0.4 is 0 Å². The van der Waals surface area contributed by atoms with Crippen LogP contribution in [-0.2, 0) is 9.53 Å². The summed E-state index contributed by atoms with van der Waals surface area (Å²) in [7, 11) is 0. The number of carbonyl (C=O) groups is 1. The molecule has 45 heavy (non-hydrogen) atoms. The highest BCUT2D eigenvalue weighted by atomic mass is 16.5. The van der Waals surface area contributed by atoms with E-state index in [0.29, 0.717) is 10.8 Å². The van der Waals surface area contributed by atoms with E-state index in [-0.39, 0.29) is 6.10 Å². The Kier molecular flexibility index (Phi) is 14.5. The lowest BCUT2D eigenvalue weighted by Gasteiger charge is -2.58.